The van der Waals surface area contributed by atoms with Crippen LogP contribution in [0.4, 0.5) is 0 Å². The van der Waals surface area contributed by atoms with Crippen molar-refractivity contribution in [2.75, 3.05) is 20.7 Å². The number of hydrogen-bond donors (Lipinski definition) is 0. The lowest BCUT2D eigenvalue weighted by atomic mass is 10.1. The number of amides is 1. The zero-order valence-electron chi connectivity index (χ0n) is 12.6. The number of rotatable bonds is 6. The van der Waals surface area contributed by atoms with Crippen LogP contribution in [0.15, 0.2) is 17.0 Å². The quantitative estimate of drug-likeness (QED) is 0.592. The number of hydrogen-bond acceptors (Lipinski definition) is 4. The standard InChI is InChI=1S/C14H20ClNO4S/c1-10-9-13(21(15,18)19)11(2)8-12(10)20-7-5-6-14(17)16(3)4/h8-9H,5-7H2,1-4H3. The van der Waals surface area contributed by atoms with Crippen LogP contribution >= 0.6 is 10.7 Å². The Balaban J connectivity index is 2.70. The number of carbonyl (C=O) groups excluding carboxylic acids is 1. The summed E-state index contributed by atoms with van der Waals surface area (Å²) in [5.41, 5.74) is 1.23. The lowest BCUT2D eigenvalue weighted by Gasteiger charge is -2.13. The minimum atomic E-state index is -3.75. The van der Waals surface area contributed by atoms with E-state index in [1.165, 1.54) is 11.0 Å². The molecule has 0 saturated heterocycles. The Hall–Kier alpha value is -1.27. The molecule has 0 aliphatic rings. The molecular weight excluding hydrogens is 314 g/mol. The van der Waals surface area contributed by atoms with Crippen molar-refractivity contribution in [3.05, 3.63) is 23.3 Å². The van der Waals surface area contributed by atoms with Crippen molar-refractivity contribution in [2.24, 2.45) is 0 Å². The lowest BCUT2D eigenvalue weighted by molar-refractivity contribution is -0.128. The van der Waals surface area contributed by atoms with Crippen LogP contribution in [-0.2, 0) is 13.8 Å². The molecule has 0 atom stereocenters. The maximum absolute atomic E-state index is 11.4. The highest BCUT2D eigenvalue weighted by Crippen LogP contribution is 2.28. The van der Waals surface area contributed by atoms with E-state index in [1.807, 2.05) is 0 Å². The van der Waals surface area contributed by atoms with Crippen molar-refractivity contribution in [3.8, 4) is 5.75 Å². The summed E-state index contributed by atoms with van der Waals surface area (Å²) in [5.74, 6) is 0.656. The SMILES string of the molecule is Cc1cc(S(=O)(=O)Cl)c(C)cc1OCCCC(=O)N(C)C. The molecule has 0 spiro atoms. The van der Waals surface area contributed by atoms with Crippen LogP contribution in [0.1, 0.15) is 24.0 Å². The minimum absolute atomic E-state index is 0.0510. The Kier molecular flexibility index (Phi) is 6.04. The van der Waals surface area contributed by atoms with Crippen LogP contribution in [-0.4, -0.2) is 39.9 Å². The normalized spacial score (nSPS) is 11.3. The molecule has 118 valence electrons. The van der Waals surface area contributed by atoms with Gasteiger partial charge in [0, 0.05) is 31.2 Å². The third kappa shape index (κ3) is 5.21. The van der Waals surface area contributed by atoms with Gasteiger partial charge >= 0.3 is 0 Å². The molecule has 1 amide bonds. The first-order chi connectivity index (χ1) is 9.62. The van der Waals surface area contributed by atoms with Gasteiger partial charge in [-0.15, -0.1) is 0 Å². The Bertz CT molecular complexity index is 626. The smallest absolute Gasteiger partial charge is 0.261 e. The van der Waals surface area contributed by atoms with Crippen LogP contribution in [0.25, 0.3) is 0 Å². The zero-order valence-corrected chi connectivity index (χ0v) is 14.2. The molecule has 1 aromatic rings. The first-order valence-corrected chi connectivity index (χ1v) is 8.82. The second-order valence-corrected chi connectivity index (χ2v) is 7.60. The molecule has 7 heteroatoms. The van der Waals surface area contributed by atoms with E-state index in [9.17, 15) is 13.2 Å². The predicted octanol–water partition coefficient (Wildman–Crippen LogP) is 2.48. The van der Waals surface area contributed by atoms with E-state index in [0.717, 1.165) is 0 Å². The van der Waals surface area contributed by atoms with Gasteiger partial charge in [-0.1, -0.05) is 0 Å². The van der Waals surface area contributed by atoms with Gasteiger partial charge in [0.2, 0.25) is 5.91 Å². The van der Waals surface area contributed by atoms with E-state index in [2.05, 4.69) is 0 Å². The summed E-state index contributed by atoms with van der Waals surface area (Å²) in [5, 5.41) is 0. The molecule has 0 radical (unpaired) electrons. The molecule has 0 unspecified atom stereocenters. The molecule has 1 rings (SSSR count). The van der Waals surface area contributed by atoms with Crippen LogP contribution in [0.3, 0.4) is 0 Å². The van der Waals surface area contributed by atoms with E-state index in [-0.39, 0.29) is 10.8 Å². The second-order valence-electron chi connectivity index (χ2n) is 5.06. The van der Waals surface area contributed by atoms with Crippen LogP contribution < -0.4 is 4.74 Å². The maximum atomic E-state index is 11.4. The molecule has 0 aliphatic heterocycles. The van der Waals surface area contributed by atoms with Gasteiger partial charge in [0.25, 0.3) is 9.05 Å². The van der Waals surface area contributed by atoms with E-state index < -0.39 is 9.05 Å². The molecule has 0 fully saturated rings. The molecular formula is C14H20ClNO4S. The average molecular weight is 334 g/mol. The van der Waals surface area contributed by atoms with Crippen molar-refractivity contribution in [1.82, 2.24) is 4.90 Å². The average Bonchev–Trinajstić information content (AvgIpc) is 2.36. The number of nitrogens with zero attached hydrogens (tertiary/aromatic N) is 1. The fraction of sp³-hybridized carbons (Fsp3) is 0.500. The Morgan fingerprint density at radius 2 is 1.86 bits per heavy atom. The highest BCUT2D eigenvalue weighted by molar-refractivity contribution is 8.13. The van der Waals surface area contributed by atoms with Gasteiger partial charge < -0.3 is 9.64 Å². The Labute approximate surface area is 130 Å². The van der Waals surface area contributed by atoms with Gasteiger partial charge in [0.1, 0.15) is 5.75 Å². The third-order valence-corrected chi connectivity index (χ3v) is 4.49. The van der Waals surface area contributed by atoms with Crippen LogP contribution in [0, 0.1) is 13.8 Å². The first-order valence-electron chi connectivity index (χ1n) is 6.51. The fourth-order valence-corrected chi connectivity index (χ4v) is 3.07. The molecule has 0 aromatic heterocycles. The van der Waals surface area contributed by atoms with Gasteiger partial charge in [-0.25, -0.2) is 8.42 Å². The van der Waals surface area contributed by atoms with E-state index in [0.29, 0.717) is 36.3 Å². The summed E-state index contributed by atoms with van der Waals surface area (Å²) in [6.45, 7) is 3.81. The largest absolute Gasteiger partial charge is 0.493 e. The number of benzene rings is 1. The Morgan fingerprint density at radius 3 is 2.38 bits per heavy atom. The topological polar surface area (TPSA) is 63.7 Å². The summed E-state index contributed by atoms with van der Waals surface area (Å²) in [6.07, 6.45) is 1.02. The van der Waals surface area contributed by atoms with Crippen LogP contribution in [0.5, 0.6) is 5.75 Å². The fourth-order valence-electron chi connectivity index (χ4n) is 1.81. The highest BCUT2D eigenvalue weighted by Gasteiger charge is 2.16. The number of carbonyl (C=O) groups is 1. The monoisotopic (exact) mass is 333 g/mol. The van der Waals surface area contributed by atoms with Crippen LogP contribution in [0.2, 0.25) is 0 Å². The van der Waals surface area contributed by atoms with Crippen molar-refractivity contribution in [1.29, 1.82) is 0 Å². The van der Waals surface area contributed by atoms with E-state index in [1.54, 1.807) is 34.0 Å². The third-order valence-electron chi connectivity index (χ3n) is 3.03. The number of aryl methyl sites for hydroxylation is 2. The highest BCUT2D eigenvalue weighted by atomic mass is 35.7. The van der Waals surface area contributed by atoms with Gasteiger partial charge in [-0.2, -0.15) is 0 Å². The molecule has 0 heterocycles. The second kappa shape index (κ2) is 7.13. The van der Waals surface area contributed by atoms with E-state index in [4.69, 9.17) is 15.4 Å². The molecule has 0 saturated carbocycles. The molecule has 0 N–H and O–H groups in total. The summed E-state index contributed by atoms with van der Waals surface area (Å²) in [4.78, 5) is 13.1. The molecule has 0 aliphatic carbocycles. The van der Waals surface area contributed by atoms with Gasteiger partial charge in [-0.05, 0) is 43.5 Å². The molecule has 1 aromatic carbocycles. The van der Waals surface area contributed by atoms with E-state index >= 15 is 0 Å². The predicted molar refractivity (Wildman–Crippen MR) is 82.4 cm³/mol. The zero-order chi connectivity index (χ0) is 16.2. The maximum Gasteiger partial charge on any atom is 0.261 e. The number of halogens is 1. The lowest BCUT2D eigenvalue weighted by Crippen LogP contribution is -2.21. The molecule has 21 heavy (non-hydrogen) atoms. The summed E-state index contributed by atoms with van der Waals surface area (Å²) in [6, 6.07) is 3.15. The number of ether oxygens (including phenoxy) is 1. The molecule has 5 nitrogen and oxygen atoms in total. The van der Waals surface area contributed by atoms with Gasteiger partial charge in [0.15, 0.2) is 0 Å². The summed E-state index contributed by atoms with van der Waals surface area (Å²) in [7, 11) is 5.04. The van der Waals surface area contributed by atoms with Crippen molar-refractivity contribution in [3.63, 3.8) is 0 Å². The first kappa shape index (κ1) is 17.8. The van der Waals surface area contributed by atoms with Crippen molar-refractivity contribution < 1.29 is 17.9 Å². The summed E-state index contributed by atoms with van der Waals surface area (Å²) >= 11 is 0. The van der Waals surface area contributed by atoms with Gasteiger partial charge in [-0.3, -0.25) is 4.79 Å². The molecule has 0 bridgehead atoms. The van der Waals surface area contributed by atoms with Gasteiger partial charge in [0.05, 0.1) is 11.5 Å². The van der Waals surface area contributed by atoms with Crippen molar-refractivity contribution >= 4 is 25.6 Å². The summed E-state index contributed by atoms with van der Waals surface area (Å²) < 4.78 is 28.4. The van der Waals surface area contributed by atoms with Crippen molar-refractivity contribution in [2.45, 2.75) is 31.6 Å². The Morgan fingerprint density at radius 1 is 1.24 bits per heavy atom. The minimum Gasteiger partial charge on any atom is -0.493 e.